The van der Waals surface area contributed by atoms with Crippen molar-refractivity contribution in [1.82, 2.24) is 0 Å². The number of ether oxygens (including phenoxy) is 1. The van der Waals surface area contributed by atoms with E-state index in [1.54, 1.807) is 36.4 Å². The number of hydrogen-bond acceptors (Lipinski definition) is 6. The van der Waals surface area contributed by atoms with Gasteiger partial charge in [0.2, 0.25) is 0 Å². The van der Waals surface area contributed by atoms with E-state index in [2.05, 4.69) is 4.74 Å². The molecule has 0 aliphatic heterocycles. The van der Waals surface area contributed by atoms with Crippen LogP contribution in [0.15, 0.2) is 53.4 Å². The third-order valence-electron chi connectivity index (χ3n) is 3.25. The van der Waals surface area contributed by atoms with Crippen molar-refractivity contribution in [2.45, 2.75) is 11.3 Å². The molecule has 0 saturated carbocycles. The van der Waals surface area contributed by atoms with Gasteiger partial charge in [0.15, 0.2) is 5.78 Å². The first-order valence-electron chi connectivity index (χ1n) is 7.10. The van der Waals surface area contributed by atoms with Crippen LogP contribution in [0.5, 0.6) is 0 Å². The van der Waals surface area contributed by atoms with Gasteiger partial charge in [0.25, 0.3) is 5.69 Å². The second kappa shape index (κ2) is 8.26. The van der Waals surface area contributed by atoms with Crippen molar-refractivity contribution in [3.63, 3.8) is 0 Å². The number of esters is 1. The lowest BCUT2D eigenvalue weighted by molar-refractivity contribution is -0.387. The number of ketones is 1. The predicted octanol–water partition coefficient (Wildman–Crippen LogP) is 3.48. The molecule has 0 fully saturated rings. The molecule has 0 N–H and O–H groups in total. The molecule has 0 bridgehead atoms. The topological polar surface area (TPSA) is 86.5 Å². The molecule has 2 aromatic carbocycles. The number of carbonyl (C=O) groups excluding carboxylic acids is 2. The van der Waals surface area contributed by atoms with Crippen LogP contribution in [0.1, 0.15) is 22.3 Å². The number of carbonyl (C=O) groups is 2. The normalized spacial score (nSPS) is 10.2. The maximum Gasteiger partial charge on any atom is 0.306 e. The fourth-order valence-electron chi connectivity index (χ4n) is 2.03. The molecular formula is C17H15NO5S. The van der Waals surface area contributed by atoms with Crippen LogP contribution in [0.2, 0.25) is 0 Å². The summed E-state index contributed by atoms with van der Waals surface area (Å²) in [5.74, 6) is -0.287. The number of rotatable bonds is 7. The van der Waals surface area contributed by atoms with E-state index >= 15 is 0 Å². The summed E-state index contributed by atoms with van der Waals surface area (Å²) in [6, 6.07) is 13.0. The molecule has 0 atom stereocenters. The van der Waals surface area contributed by atoms with Crippen molar-refractivity contribution in [2.75, 3.05) is 12.9 Å². The van der Waals surface area contributed by atoms with Gasteiger partial charge in [-0.25, -0.2) is 0 Å². The van der Waals surface area contributed by atoms with Crippen LogP contribution in [-0.2, 0) is 9.53 Å². The quantitative estimate of drug-likeness (QED) is 0.251. The Morgan fingerprint density at radius 1 is 1.12 bits per heavy atom. The molecule has 0 heterocycles. The van der Waals surface area contributed by atoms with Crippen molar-refractivity contribution >= 4 is 29.2 Å². The zero-order chi connectivity index (χ0) is 17.5. The van der Waals surface area contributed by atoms with E-state index in [1.165, 1.54) is 31.0 Å². The van der Waals surface area contributed by atoms with Crippen LogP contribution in [0, 0.1) is 10.1 Å². The van der Waals surface area contributed by atoms with Crippen molar-refractivity contribution in [2.24, 2.45) is 0 Å². The summed E-state index contributed by atoms with van der Waals surface area (Å²) in [5, 5.41) is 11.3. The first-order chi connectivity index (χ1) is 11.5. The van der Waals surface area contributed by atoms with Gasteiger partial charge in [-0.05, 0) is 12.1 Å². The Labute approximate surface area is 143 Å². The Balaban J connectivity index is 2.22. The van der Waals surface area contributed by atoms with E-state index in [0.29, 0.717) is 16.2 Å². The van der Waals surface area contributed by atoms with Gasteiger partial charge in [0, 0.05) is 22.9 Å². The van der Waals surface area contributed by atoms with Crippen LogP contribution in [0.4, 0.5) is 5.69 Å². The predicted molar refractivity (Wildman–Crippen MR) is 90.3 cm³/mol. The molecule has 24 heavy (non-hydrogen) atoms. The number of hydrogen-bond donors (Lipinski definition) is 0. The Hall–Kier alpha value is -2.67. The van der Waals surface area contributed by atoms with E-state index in [9.17, 15) is 19.7 Å². The zero-order valence-electron chi connectivity index (χ0n) is 12.9. The number of nitro groups is 1. The molecule has 0 saturated heterocycles. The summed E-state index contributed by atoms with van der Waals surface area (Å²) in [6.45, 7) is 0. The molecule has 0 spiro atoms. The van der Waals surface area contributed by atoms with Crippen molar-refractivity contribution in [3.8, 4) is 0 Å². The Kier molecular flexibility index (Phi) is 6.08. The Morgan fingerprint density at radius 2 is 1.83 bits per heavy atom. The smallest absolute Gasteiger partial charge is 0.306 e. The molecule has 0 aliphatic rings. The SMILES string of the molecule is COC(=O)CCSc1ccc(C(=O)c2ccccc2)cc1[N+](=O)[O-]. The van der Waals surface area contributed by atoms with Crippen molar-refractivity contribution in [3.05, 3.63) is 69.8 Å². The minimum atomic E-state index is -0.526. The minimum Gasteiger partial charge on any atom is -0.469 e. The third kappa shape index (κ3) is 4.42. The first-order valence-corrected chi connectivity index (χ1v) is 8.09. The van der Waals surface area contributed by atoms with Gasteiger partial charge >= 0.3 is 5.97 Å². The molecule has 0 aliphatic carbocycles. The van der Waals surface area contributed by atoms with E-state index in [4.69, 9.17) is 0 Å². The summed E-state index contributed by atoms with van der Waals surface area (Å²) in [6.07, 6.45) is 0.156. The number of nitro benzene ring substituents is 1. The van der Waals surface area contributed by atoms with Gasteiger partial charge in [-0.1, -0.05) is 30.3 Å². The summed E-state index contributed by atoms with van der Waals surface area (Å²) in [5.41, 5.74) is 0.578. The second-order valence-corrected chi connectivity index (χ2v) is 5.95. The van der Waals surface area contributed by atoms with Gasteiger partial charge in [0.1, 0.15) is 0 Å². The molecule has 0 amide bonds. The van der Waals surface area contributed by atoms with Gasteiger partial charge in [-0.2, -0.15) is 0 Å². The summed E-state index contributed by atoms with van der Waals surface area (Å²) >= 11 is 1.18. The number of thioether (sulfide) groups is 1. The Morgan fingerprint density at radius 3 is 2.46 bits per heavy atom. The fourth-order valence-corrected chi connectivity index (χ4v) is 2.96. The van der Waals surface area contributed by atoms with E-state index < -0.39 is 4.92 Å². The standard InChI is InChI=1S/C17H15NO5S/c1-23-16(19)9-10-24-15-8-7-13(11-14(15)18(21)22)17(20)12-5-3-2-4-6-12/h2-8,11H,9-10H2,1H3. The van der Waals surface area contributed by atoms with Gasteiger partial charge in [0.05, 0.1) is 23.3 Å². The summed E-state index contributed by atoms with van der Waals surface area (Å²) in [7, 11) is 1.29. The van der Waals surface area contributed by atoms with Crippen molar-refractivity contribution in [1.29, 1.82) is 0 Å². The van der Waals surface area contributed by atoms with Crippen LogP contribution in [0.3, 0.4) is 0 Å². The molecule has 0 aromatic heterocycles. The molecule has 0 unspecified atom stereocenters. The van der Waals surface area contributed by atoms with Gasteiger partial charge in [-0.15, -0.1) is 11.8 Å². The molecule has 6 nitrogen and oxygen atoms in total. The van der Waals surface area contributed by atoms with E-state index in [-0.39, 0.29) is 29.4 Å². The lowest BCUT2D eigenvalue weighted by atomic mass is 10.0. The highest BCUT2D eigenvalue weighted by Gasteiger charge is 2.19. The van der Waals surface area contributed by atoms with Crippen LogP contribution >= 0.6 is 11.8 Å². The monoisotopic (exact) mass is 345 g/mol. The van der Waals surface area contributed by atoms with Gasteiger partial charge in [-0.3, -0.25) is 19.7 Å². The average Bonchev–Trinajstić information content (AvgIpc) is 2.61. The maximum atomic E-state index is 12.4. The first kappa shape index (κ1) is 17.7. The van der Waals surface area contributed by atoms with Crippen LogP contribution in [0.25, 0.3) is 0 Å². The minimum absolute atomic E-state index is 0.147. The molecule has 2 aromatic rings. The second-order valence-electron chi connectivity index (χ2n) is 4.81. The maximum absolute atomic E-state index is 12.4. The lowest BCUT2D eigenvalue weighted by Crippen LogP contribution is -2.03. The van der Waals surface area contributed by atoms with Crippen molar-refractivity contribution < 1.29 is 19.2 Å². The largest absolute Gasteiger partial charge is 0.469 e. The average molecular weight is 345 g/mol. The number of methoxy groups -OCH3 is 1. The summed E-state index contributed by atoms with van der Waals surface area (Å²) < 4.78 is 4.53. The molecule has 0 radical (unpaired) electrons. The number of nitrogens with zero attached hydrogens (tertiary/aromatic N) is 1. The highest BCUT2D eigenvalue weighted by atomic mass is 32.2. The highest BCUT2D eigenvalue weighted by molar-refractivity contribution is 7.99. The zero-order valence-corrected chi connectivity index (χ0v) is 13.7. The molecular weight excluding hydrogens is 330 g/mol. The fraction of sp³-hybridized carbons (Fsp3) is 0.176. The lowest BCUT2D eigenvalue weighted by Gasteiger charge is -2.06. The van der Waals surface area contributed by atoms with Crippen LogP contribution in [-0.4, -0.2) is 29.5 Å². The molecule has 7 heteroatoms. The van der Waals surface area contributed by atoms with Gasteiger partial charge < -0.3 is 4.74 Å². The Bertz CT molecular complexity index is 761. The third-order valence-corrected chi connectivity index (χ3v) is 4.31. The molecule has 124 valence electrons. The molecule has 2 rings (SSSR count). The van der Waals surface area contributed by atoms with E-state index in [1.807, 2.05) is 0 Å². The number of benzene rings is 2. The van der Waals surface area contributed by atoms with E-state index in [0.717, 1.165) is 0 Å². The summed E-state index contributed by atoms with van der Waals surface area (Å²) in [4.78, 5) is 34.7. The highest BCUT2D eigenvalue weighted by Crippen LogP contribution is 2.31. The van der Waals surface area contributed by atoms with Crippen LogP contribution < -0.4 is 0 Å².